The fourth-order valence-electron chi connectivity index (χ4n) is 1.68. The van der Waals surface area contributed by atoms with Crippen LogP contribution in [-0.2, 0) is 9.53 Å². The number of benzene rings is 1. The predicted octanol–water partition coefficient (Wildman–Crippen LogP) is 2.50. The lowest BCUT2D eigenvalue weighted by molar-refractivity contribution is -0.117. The number of rotatable bonds is 6. The summed E-state index contributed by atoms with van der Waals surface area (Å²) in [5.41, 5.74) is 1.12. The largest absolute Gasteiger partial charge is 0.462 e. The summed E-state index contributed by atoms with van der Waals surface area (Å²) < 4.78 is 5.02. The van der Waals surface area contributed by atoms with Crippen molar-refractivity contribution in [2.75, 3.05) is 11.9 Å². The van der Waals surface area contributed by atoms with Crippen LogP contribution in [0.2, 0.25) is 0 Å². The molecule has 1 aliphatic rings. The van der Waals surface area contributed by atoms with Crippen LogP contribution in [0.25, 0.3) is 0 Å². The summed E-state index contributed by atoms with van der Waals surface area (Å²) in [6.07, 6.45) is 2.83. The Bertz CT molecular complexity index is 527. The molecule has 5 nitrogen and oxygen atoms in total. The predicted molar refractivity (Wildman–Crippen MR) is 72.9 cm³/mol. The summed E-state index contributed by atoms with van der Waals surface area (Å²) in [5.74, 6) is -0.223. The highest BCUT2D eigenvalue weighted by molar-refractivity contribution is 5.95. The smallest absolute Gasteiger partial charge is 0.338 e. The zero-order valence-electron chi connectivity index (χ0n) is 11.1. The van der Waals surface area contributed by atoms with E-state index in [0.717, 1.165) is 12.8 Å². The quantitative estimate of drug-likeness (QED) is 0.637. The molecule has 1 amide bonds. The van der Waals surface area contributed by atoms with Crippen molar-refractivity contribution in [3.63, 3.8) is 0 Å². The van der Waals surface area contributed by atoms with E-state index in [4.69, 9.17) is 10.00 Å². The van der Waals surface area contributed by atoms with Crippen molar-refractivity contribution in [1.29, 1.82) is 5.26 Å². The molecule has 0 atom stereocenters. The van der Waals surface area contributed by atoms with Crippen LogP contribution in [0.15, 0.2) is 24.3 Å². The molecular formula is C15H16N2O3. The van der Waals surface area contributed by atoms with Gasteiger partial charge in [-0.2, -0.15) is 5.26 Å². The first-order chi connectivity index (χ1) is 9.70. The van der Waals surface area contributed by atoms with Gasteiger partial charge in [0.05, 0.1) is 18.2 Å². The maximum atomic E-state index is 11.7. The molecule has 104 valence electrons. The third kappa shape index (κ3) is 4.09. The van der Waals surface area contributed by atoms with Crippen molar-refractivity contribution in [3.05, 3.63) is 29.8 Å². The summed E-state index contributed by atoms with van der Waals surface area (Å²) >= 11 is 0. The van der Waals surface area contributed by atoms with E-state index in [1.807, 2.05) is 6.07 Å². The second kappa shape index (κ2) is 6.71. The maximum Gasteiger partial charge on any atom is 0.338 e. The van der Waals surface area contributed by atoms with E-state index in [1.165, 1.54) is 0 Å². The van der Waals surface area contributed by atoms with Crippen LogP contribution in [-0.4, -0.2) is 18.5 Å². The summed E-state index contributed by atoms with van der Waals surface area (Å²) in [6.45, 7) is 0.243. The van der Waals surface area contributed by atoms with E-state index in [-0.39, 0.29) is 18.4 Å². The van der Waals surface area contributed by atoms with E-state index in [9.17, 15) is 9.59 Å². The van der Waals surface area contributed by atoms with Gasteiger partial charge in [0.2, 0.25) is 5.91 Å². The fourth-order valence-corrected chi connectivity index (χ4v) is 1.68. The molecule has 1 aromatic rings. The maximum absolute atomic E-state index is 11.7. The van der Waals surface area contributed by atoms with E-state index < -0.39 is 5.97 Å². The van der Waals surface area contributed by atoms with Crippen LogP contribution in [0, 0.1) is 17.2 Å². The average Bonchev–Trinajstić information content (AvgIpc) is 3.29. The molecule has 0 bridgehead atoms. The van der Waals surface area contributed by atoms with Gasteiger partial charge in [-0.3, -0.25) is 4.79 Å². The molecular weight excluding hydrogens is 256 g/mol. The molecule has 0 heterocycles. The number of hydrogen-bond donors (Lipinski definition) is 1. The van der Waals surface area contributed by atoms with Crippen molar-refractivity contribution in [3.8, 4) is 6.07 Å². The number of nitriles is 1. The molecule has 1 aromatic carbocycles. The molecule has 0 unspecified atom stereocenters. The molecule has 20 heavy (non-hydrogen) atoms. The molecule has 1 N–H and O–H groups in total. The first-order valence-electron chi connectivity index (χ1n) is 6.65. The van der Waals surface area contributed by atoms with E-state index in [2.05, 4.69) is 5.32 Å². The Balaban J connectivity index is 1.82. The van der Waals surface area contributed by atoms with Gasteiger partial charge in [-0.05, 0) is 43.5 Å². The summed E-state index contributed by atoms with van der Waals surface area (Å²) in [4.78, 5) is 23.2. The third-order valence-electron chi connectivity index (χ3n) is 3.00. The Kier molecular flexibility index (Phi) is 4.72. The van der Waals surface area contributed by atoms with Crippen LogP contribution in [0.4, 0.5) is 5.69 Å². The normalized spacial score (nSPS) is 13.3. The van der Waals surface area contributed by atoms with Crippen LogP contribution in [0.5, 0.6) is 0 Å². The Hall–Kier alpha value is -2.35. The van der Waals surface area contributed by atoms with Crippen LogP contribution >= 0.6 is 0 Å². The van der Waals surface area contributed by atoms with E-state index in [0.29, 0.717) is 24.1 Å². The summed E-state index contributed by atoms with van der Waals surface area (Å²) in [5, 5.41) is 11.2. The highest BCUT2D eigenvalue weighted by atomic mass is 16.5. The molecule has 0 aliphatic heterocycles. The summed E-state index contributed by atoms with van der Waals surface area (Å²) in [7, 11) is 0. The molecule has 1 fully saturated rings. The van der Waals surface area contributed by atoms with Gasteiger partial charge in [0.1, 0.15) is 0 Å². The Morgan fingerprint density at radius 1 is 1.30 bits per heavy atom. The highest BCUT2D eigenvalue weighted by Gasteiger charge is 2.29. The number of amides is 1. The van der Waals surface area contributed by atoms with Crippen LogP contribution in [0.3, 0.4) is 0 Å². The molecule has 5 heteroatoms. The Morgan fingerprint density at radius 2 is 2.00 bits per heavy atom. The number of ether oxygens (including phenoxy) is 1. The van der Waals surface area contributed by atoms with E-state index >= 15 is 0 Å². The lowest BCUT2D eigenvalue weighted by atomic mass is 10.2. The van der Waals surface area contributed by atoms with Crippen molar-refractivity contribution in [1.82, 2.24) is 0 Å². The number of anilines is 1. The lowest BCUT2D eigenvalue weighted by Crippen LogP contribution is -2.13. The minimum Gasteiger partial charge on any atom is -0.462 e. The van der Waals surface area contributed by atoms with Gasteiger partial charge in [-0.25, -0.2) is 4.79 Å². The minimum absolute atomic E-state index is 0.0387. The fraction of sp³-hybridized carbons (Fsp3) is 0.400. The minimum atomic E-state index is -0.414. The number of carbonyl (C=O) groups is 2. The number of hydrogen-bond acceptors (Lipinski definition) is 4. The van der Waals surface area contributed by atoms with Crippen LogP contribution in [0.1, 0.15) is 36.0 Å². The van der Waals surface area contributed by atoms with Gasteiger partial charge in [0.25, 0.3) is 0 Å². The van der Waals surface area contributed by atoms with Gasteiger partial charge in [-0.1, -0.05) is 0 Å². The average molecular weight is 272 g/mol. The lowest BCUT2D eigenvalue weighted by Gasteiger charge is -2.06. The molecule has 0 aromatic heterocycles. The van der Waals surface area contributed by atoms with Crippen molar-refractivity contribution >= 4 is 17.6 Å². The number of carbonyl (C=O) groups excluding carboxylic acids is 2. The first-order valence-corrected chi connectivity index (χ1v) is 6.65. The molecule has 0 spiro atoms. The number of nitrogens with one attached hydrogen (secondary N) is 1. The van der Waals surface area contributed by atoms with Gasteiger partial charge in [-0.15, -0.1) is 0 Å². The van der Waals surface area contributed by atoms with Gasteiger partial charge in [0, 0.05) is 18.0 Å². The molecule has 0 saturated heterocycles. The topological polar surface area (TPSA) is 79.2 Å². The number of esters is 1. The first kappa shape index (κ1) is 14.1. The highest BCUT2D eigenvalue weighted by Crippen LogP contribution is 2.30. The molecule has 1 aliphatic carbocycles. The van der Waals surface area contributed by atoms with Crippen molar-refractivity contribution < 1.29 is 14.3 Å². The van der Waals surface area contributed by atoms with Gasteiger partial charge in [0.15, 0.2) is 0 Å². The Labute approximate surface area is 117 Å². The number of unbranched alkanes of at least 4 members (excludes halogenated alkanes) is 1. The molecule has 1 saturated carbocycles. The van der Waals surface area contributed by atoms with Crippen LogP contribution < -0.4 is 5.32 Å². The van der Waals surface area contributed by atoms with Gasteiger partial charge < -0.3 is 10.1 Å². The standard InChI is InChI=1S/C15H16N2O3/c16-9-1-2-10-20-15(19)12-5-7-13(8-6-12)17-14(18)11-3-4-11/h5-8,11H,1-4,10H2,(H,17,18). The van der Waals surface area contributed by atoms with Crippen molar-refractivity contribution in [2.45, 2.75) is 25.7 Å². The zero-order chi connectivity index (χ0) is 14.4. The van der Waals surface area contributed by atoms with E-state index in [1.54, 1.807) is 24.3 Å². The monoisotopic (exact) mass is 272 g/mol. The Morgan fingerprint density at radius 3 is 2.60 bits per heavy atom. The zero-order valence-corrected chi connectivity index (χ0v) is 11.1. The van der Waals surface area contributed by atoms with Crippen molar-refractivity contribution in [2.24, 2.45) is 5.92 Å². The molecule has 0 radical (unpaired) electrons. The second-order valence-electron chi connectivity index (χ2n) is 4.74. The van der Waals surface area contributed by atoms with Gasteiger partial charge >= 0.3 is 5.97 Å². The summed E-state index contributed by atoms with van der Waals surface area (Å²) in [6, 6.07) is 8.60. The molecule has 2 rings (SSSR count). The number of nitrogens with zero attached hydrogens (tertiary/aromatic N) is 1. The SMILES string of the molecule is N#CCCCOC(=O)c1ccc(NC(=O)C2CC2)cc1. The third-order valence-corrected chi connectivity index (χ3v) is 3.00. The second-order valence-corrected chi connectivity index (χ2v) is 4.74.